The molecule has 11 aromatic rings. The van der Waals surface area contributed by atoms with Gasteiger partial charge in [0.2, 0.25) is 0 Å². The summed E-state index contributed by atoms with van der Waals surface area (Å²) in [5.74, 6) is 1.92. The number of hydrogen-bond acceptors (Lipinski definition) is 4. The second-order valence-electron chi connectivity index (χ2n) is 14.7. The summed E-state index contributed by atoms with van der Waals surface area (Å²) in [4.78, 5) is 16.4. The lowest BCUT2D eigenvalue weighted by Crippen LogP contribution is -2.32. The summed E-state index contributed by atoms with van der Waals surface area (Å²) in [5, 5.41) is 9.35. The van der Waals surface area contributed by atoms with Crippen molar-refractivity contribution in [3.05, 3.63) is 211 Å². The second-order valence-corrected chi connectivity index (χ2v) is 14.7. The minimum atomic E-state index is -0.900. The Morgan fingerprint density at radius 1 is 0.357 bits per heavy atom. The van der Waals surface area contributed by atoms with Crippen molar-refractivity contribution in [3.8, 4) is 33.9 Å². The van der Waals surface area contributed by atoms with Crippen molar-refractivity contribution in [1.82, 2.24) is 15.0 Å². The van der Waals surface area contributed by atoms with Crippen molar-refractivity contribution in [3.63, 3.8) is 0 Å². The van der Waals surface area contributed by atoms with Crippen LogP contribution in [0.2, 0.25) is 0 Å². The molecule has 0 atom stereocenters. The lowest BCUT2D eigenvalue weighted by Gasteiger charge is -2.32. The van der Waals surface area contributed by atoms with Gasteiger partial charge in [-0.1, -0.05) is 170 Å². The van der Waals surface area contributed by atoms with Crippen LogP contribution in [0.1, 0.15) is 22.5 Å². The molecular weight excluding hydrogens is 683 g/mol. The van der Waals surface area contributed by atoms with E-state index in [0.717, 1.165) is 55.1 Å². The van der Waals surface area contributed by atoms with E-state index < -0.39 is 5.41 Å². The minimum Gasteiger partial charge on any atom is -0.456 e. The molecule has 0 fully saturated rings. The number of nitrogens with zero attached hydrogens (tertiary/aromatic N) is 3. The second kappa shape index (κ2) is 11.8. The Morgan fingerprint density at radius 2 is 0.929 bits per heavy atom. The molecule has 0 amide bonds. The number of furan rings is 1. The fraction of sp³-hybridized carbons (Fsp3) is 0.0192. The average Bonchev–Trinajstić information content (AvgIpc) is 3.80. The Kier molecular flexibility index (Phi) is 6.52. The molecule has 0 unspecified atom stereocenters. The Morgan fingerprint density at radius 3 is 1.71 bits per heavy atom. The first kappa shape index (κ1) is 31.0. The molecule has 2 aromatic heterocycles. The van der Waals surface area contributed by atoms with Gasteiger partial charge in [-0.05, 0) is 78.3 Å². The van der Waals surface area contributed by atoms with Gasteiger partial charge in [-0.15, -0.1) is 0 Å². The summed E-state index contributed by atoms with van der Waals surface area (Å²) >= 11 is 0. The van der Waals surface area contributed by atoms with Crippen molar-refractivity contribution < 1.29 is 4.42 Å². The third-order valence-electron chi connectivity index (χ3n) is 11.8. The molecule has 260 valence electrons. The Labute approximate surface area is 322 Å². The van der Waals surface area contributed by atoms with E-state index in [-0.39, 0.29) is 0 Å². The topological polar surface area (TPSA) is 51.8 Å². The number of rotatable bonds is 4. The largest absolute Gasteiger partial charge is 0.456 e. The lowest BCUT2D eigenvalue weighted by molar-refractivity contribution is 0.665. The van der Waals surface area contributed by atoms with Crippen molar-refractivity contribution in [2.24, 2.45) is 0 Å². The molecule has 4 nitrogen and oxygen atoms in total. The third kappa shape index (κ3) is 4.32. The van der Waals surface area contributed by atoms with Crippen LogP contribution in [0.25, 0.3) is 88.2 Å². The first-order valence-corrected chi connectivity index (χ1v) is 19.0. The molecule has 2 heterocycles. The van der Waals surface area contributed by atoms with E-state index in [2.05, 4.69) is 158 Å². The molecule has 0 N–H and O–H groups in total. The Balaban J connectivity index is 1.21. The minimum absolute atomic E-state index is 0.624. The SMILES string of the molecule is c1ccc(-c2nc(-c3ccc4ccc5c6ccccc6ccc5c4c3)nc(C3(c4cccc5oc6ccccc6c45)c4ccccc4-c4ccccc43)n2)cc1. The molecule has 9 aromatic carbocycles. The maximum Gasteiger partial charge on any atom is 0.163 e. The van der Waals surface area contributed by atoms with Crippen molar-refractivity contribution in [1.29, 1.82) is 0 Å². The number of aromatic nitrogens is 3. The molecule has 56 heavy (non-hydrogen) atoms. The number of para-hydroxylation sites is 1. The standard InChI is InChI=1S/C52H31N3O/c1-2-14-34(15-3-1)49-53-50(35-26-25-33-28-29-37-36-16-5-4-13-32(36)27-30-38(37)42(33)31-35)55-51(54-49)52(43-20-9-6-17-39(43)40-18-7-10-21-44(40)52)45-22-12-24-47-48(45)41-19-8-11-23-46(41)56-47/h1-31H. The maximum absolute atomic E-state index is 6.55. The van der Waals surface area contributed by atoms with Gasteiger partial charge >= 0.3 is 0 Å². The van der Waals surface area contributed by atoms with Gasteiger partial charge in [0.15, 0.2) is 17.5 Å². The van der Waals surface area contributed by atoms with Gasteiger partial charge in [-0.2, -0.15) is 0 Å². The van der Waals surface area contributed by atoms with Crippen LogP contribution in [0.4, 0.5) is 0 Å². The number of benzene rings is 9. The molecule has 4 heteroatoms. The summed E-state index contributed by atoms with van der Waals surface area (Å²) < 4.78 is 6.55. The van der Waals surface area contributed by atoms with Crippen LogP contribution in [0, 0.1) is 0 Å². The van der Waals surface area contributed by atoms with Gasteiger partial charge in [0.05, 0.1) is 0 Å². The first-order chi connectivity index (χ1) is 27.8. The van der Waals surface area contributed by atoms with Crippen molar-refractivity contribution in [2.45, 2.75) is 5.41 Å². The quantitative estimate of drug-likeness (QED) is 0.170. The predicted molar refractivity (Wildman–Crippen MR) is 228 cm³/mol. The molecule has 12 rings (SSSR count). The fourth-order valence-corrected chi connectivity index (χ4v) is 9.32. The monoisotopic (exact) mass is 713 g/mol. The zero-order valence-electron chi connectivity index (χ0n) is 30.1. The smallest absolute Gasteiger partial charge is 0.163 e. The molecule has 0 spiro atoms. The van der Waals surface area contributed by atoms with E-state index >= 15 is 0 Å². The fourth-order valence-electron chi connectivity index (χ4n) is 9.32. The molecule has 0 radical (unpaired) electrons. The zero-order valence-corrected chi connectivity index (χ0v) is 30.1. The normalized spacial score (nSPS) is 13.1. The average molecular weight is 714 g/mol. The summed E-state index contributed by atoms with van der Waals surface area (Å²) in [6.45, 7) is 0. The van der Waals surface area contributed by atoms with Crippen LogP contribution < -0.4 is 0 Å². The maximum atomic E-state index is 6.55. The highest BCUT2D eigenvalue weighted by molar-refractivity contribution is 6.17. The molecule has 1 aliphatic rings. The van der Waals surface area contributed by atoms with Crippen molar-refractivity contribution >= 4 is 54.3 Å². The van der Waals surface area contributed by atoms with Gasteiger partial charge < -0.3 is 4.42 Å². The molecule has 0 bridgehead atoms. The van der Waals surface area contributed by atoms with E-state index in [1.165, 1.54) is 38.1 Å². The van der Waals surface area contributed by atoms with Crippen LogP contribution in [-0.4, -0.2) is 15.0 Å². The van der Waals surface area contributed by atoms with Gasteiger partial charge in [-0.25, -0.2) is 15.0 Å². The highest BCUT2D eigenvalue weighted by Crippen LogP contribution is 2.57. The van der Waals surface area contributed by atoms with Crippen LogP contribution >= 0.6 is 0 Å². The molecule has 0 aliphatic heterocycles. The van der Waals surface area contributed by atoms with Crippen LogP contribution in [0.5, 0.6) is 0 Å². The highest BCUT2D eigenvalue weighted by Gasteiger charge is 2.50. The van der Waals surface area contributed by atoms with E-state index in [9.17, 15) is 0 Å². The van der Waals surface area contributed by atoms with E-state index in [1.54, 1.807) is 0 Å². The summed E-state index contributed by atoms with van der Waals surface area (Å²) in [6, 6.07) is 66.5. The van der Waals surface area contributed by atoms with E-state index in [1.807, 2.05) is 30.3 Å². The molecule has 1 aliphatic carbocycles. The molecule has 0 saturated carbocycles. The first-order valence-electron chi connectivity index (χ1n) is 19.0. The Bertz CT molecular complexity index is 3340. The third-order valence-corrected chi connectivity index (χ3v) is 11.8. The van der Waals surface area contributed by atoms with E-state index in [4.69, 9.17) is 19.4 Å². The van der Waals surface area contributed by atoms with Crippen LogP contribution in [0.3, 0.4) is 0 Å². The summed E-state index contributed by atoms with van der Waals surface area (Å²) in [5.41, 5.74) is 8.31. The number of fused-ring (bicyclic) bond motifs is 11. The zero-order chi connectivity index (χ0) is 36.8. The lowest BCUT2D eigenvalue weighted by atomic mass is 9.70. The van der Waals surface area contributed by atoms with E-state index in [0.29, 0.717) is 17.5 Å². The van der Waals surface area contributed by atoms with Crippen molar-refractivity contribution in [2.75, 3.05) is 0 Å². The van der Waals surface area contributed by atoms with Gasteiger partial charge in [0, 0.05) is 21.9 Å². The summed E-state index contributed by atoms with van der Waals surface area (Å²) in [6.07, 6.45) is 0. The number of hydrogen-bond donors (Lipinski definition) is 0. The predicted octanol–water partition coefficient (Wildman–Crippen LogP) is 12.9. The van der Waals surface area contributed by atoms with Gasteiger partial charge in [0.1, 0.15) is 16.6 Å². The molecule has 0 saturated heterocycles. The Hall–Kier alpha value is -7.43. The van der Waals surface area contributed by atoms with Crippen LogP contribution in [-0.2, 0) is 5.41 Å². The summed E-state index contributed by atoms with van der Waals surface area (Å²) in [7, 11) is 0. The molecular formula is C52H31N3O. The van der Waals surface area contributed by atoms with Crippen LogP contribution in [0.15, 0.2) is 192 Å². The van der Waals surface area contributed by atoms with Gasteiger partial charge in [-0.3, -0.25) is 0 Å². The van der Waals surface area contributed by atoms with Gasteiger partial charge in [0.25, 0.3) is 0 Å². The highest BCUT2D eigenvalue weighted by atomic mass is 16.3.